The highest BCUT2D eigenvalue weighted by Gasteiger charge is 2.12. The Kier molecular flexibility index (Phi) is 2.49. The molecule has 0 aliphatic heterocycles. The molecule has 2 aromatic heterocycles. The maximum absolute atomic E-state index is 5.18. The molecule has 0 radical (unpaired) electrons. The average Bonchev–Trinajstić information content (AvgIpc) is 3.09. The molecular weight excluding hydrogens is 232 g/mol. The van der Waals surface area contributed by atoms with Crippen LogP contribution in [0.4, 0.5) is 5.69 Å². The molecule has 0 unspecified atom stereocenters. The smallest absolute Gasteiger partial charge is 0.258 e. The molecule has 0 aliphatic carbocycles. The minimum atomic E-state index is 0.389. The van der Waals surface area contributed by atoms with Gasteiger partial charge in [-0.15, -0.1) is 0 Å². The van der Waals surface area contributed by atoms with Gasteiger partial charge in [-0.1, -0.05) is 5.16 Å². The van der Waals surface area contributed by atoms with Gasteiger partial charge in [0.2, 0.25) is 5.82 Å². The predicted octanol–water partition coefficient (Wildman–Crippen LogP) is 1.56. The fourth-order valence-corrected chi connectivity index (χ4v) is 1.53. The number of benzene rings is 1. The third-order valence-electron chi connectivity index (χ3n) is 2.47. The van der Waals surface area contributed by atoms with E-state index in [9.17, 15) is 0 Å². The molecule has 7 nitrogen and oxygen atoms in total. The maximum atomic E-state index is 5.18. The lowest BCUT2D eigenvalue weighted by Gasteiger charge is -1.99. The van der Waals surface area contributed by atoms with Crippen molar-refractivity contribution in [2.45, 2.75) is 0 Å². The predicted molar refractivity (Wildman–Crippen MR) is 64.7 cm³/mol. The third kappa shape index (κ3) is 1.81. The number of anilines is 1. The zero-order valence-electron chi connectivity index (χ0n) is 9.58. The van der Waals surface area contributed by atoms with Crippen LogP contribution in [-0.4, -0.2) is 32.4 Å². The van der Waals surface area contributed by atoms with Gasteiger partial charge in [0, 0.05) is 18.3 Å². The normalized spacial score (nSPS) is 10.5. The lowest BCUT2D eigenvalue weighted by Crippen LogP contribution is -1.87. The molecule has 0 saturated carbocycles. The zero-order chi connectivity index (χ0) is 12.4. The molecule has 1 aromatic carbocycles. The number of nitrogens with zero attached hydrogens (tertiary/aromatic N) is 4. The molecule has 2 heterocycles. The van der Waals surface area contributed by atoms with E-state index in [2.05, 4.69) is 30.6 Å². The Bertz CT molecular complexity index is 628. The maximum Gasteiger partial charge on any atom is 0.258 e. The Hall–Kier alpha value is -2.70. The number of aromatic amines is 1. The summed E-state index contributed by atoms with van der Waals surface area (Å²) in [5, 5.41) is 13.3. The first-order valence-electron chi connectivity index (χ1n) is 5.34. The van der Waals surface area contributed by atoms with Crippen LogP contribution < -0.4 is 5.32 Å². The fraction of sp³-hybridized carbons (Fsp3) is 0.0909. The van der Waals surface area contributed by atoms with Crippen LogP contribution in [0.15, 0.2) is 35.1 Å². The summed E-state index contributed by atoms with van der Waals surface area (Å²) in [7, 11) is 1.86. The van der Waals surface area contributed by atoms with Gasteiger partial charge in [0.25, 0.3) is 5.89 Å². The van der Waals surface area contributed by atoms with E-state index < -0.39 is 0 Å². The van der Waals surface area contributed by atoms with Crippen molar-refractivity contribution in [3.8, 4) is 23.1 Å². The van der Waals surface area contributed by atoms with Gasteiger partial charge in [-0.3, -0.25) is 5.10 Å². The minimum absolute atomic E-state index is 0.389. The number of nitrogens with one attached hydrogen (secondary N) is 2. The Morgan fingerprint density at radius 1 is 1.22 bits per heavy atom. The van der Waals surface area contributed by atoms with E-state index in [1.807, 2.05) is 31.3 Å². The molecule has 0 bridgehead atoms. The van der Waals surface area contributed by atoms with E-state index in [0.717, 1.165) is 11.3 Å². The van der Waals surface area contributed by atoms with Gasteiger partial charge in [0.05, 0.1) is 0 Å². The van der Waals surface area contributed by atoms with Gasteiger partial charge in [0.15, 0.2) is 5.82 Å². The third-order valence-corrected chi connectivity index (χ3v) is 2.47. The lowest BCUT2D eigenvalue weighted by molar-refractivity contribution is 0.432. The van der Waals surface area contributed by atoms with Gasteiger partial charge in [-0.2, -0.15) is 10.1 Å². The van der Waals surface area contributed by atoms with Crippen molar-refractivity contribution >= 4 is 5.69 Å². The average molecular weight is 242 g/mol. The van der Waals surface area contributed by atoms with Crippen LogP contribution in [0, 0.1) is 0 Å². The number of hydrogen-bond donors (Lipinski definition) is 2. The van der Waals surface area contributed by atoms with Crippen molar-refractivity contribution in [3.05, 3.63) is 30.6 Å². The highest BCUT2D eigenvalue weighted by Crippen LogP contribution is 2.21. The van der Waals surface area contributed by atoms with Crippen LogP contribution in [0.25, 0.3) is 23.1 Å². The van der Waals surface area contributed by atoms with E-state index in [1.54, 1.807) is 0 Å². The number of rotatable bonds is 3. The lowest BCUT2D eigenvalue weighted by atomic mass is 10.2. The van der Waals surface area contributed by atoms with Crippen molar-refractivity contribution in [1.82, 2.24) is 25.3 Å². The number of H-pyrrole nitrogens is 1. The van der Waals surface area contributed by atoms with E-state index in [1.165, 1.54) is 6.33 Å². The molecule has 0 amide bonds. The molecule has 7 heteroatoms. The molecule has 0 saturated heterocycles. The summed E-state index contributed by atoms with van der Waals surface area (Å²) >= 11 is 0. The second-order valence-electron chi connectivity index (χ2n) is 3.58. The SMILES string of the molecule is CNc1ccc(-c2nc(-c3ncn[nH]3)no2)cc1. The topological polar surface area (TPSA) is 92.5 Å². The summed E-state index contributed by atoms with van der Waals surface area (Å²) in [4.78, 5) is 8.21. The summed E-state index contributed by atoms with van der Waals surface area (Å²) in [5.74, 6) is 1.32. The van der Waals surface area contributed by atoms with E-state index in [0.29, 0.717) is 17.5 Å². The summed E-state index contributed by atoms with van der Waals surface area (Å²) in [6.45, 7) is 0. The van der Waals surface area contributed by atoms with Gasteiger partial charge in [0.1, 0.15) is 6.33 Å². The zero-order valence-corrected chi connectivity index (χ0v) is 9.58. The Morgan fingerprint density at radius 3 is 2.72 bits per heavy atom. The molecule has 2 N–H and O–H groups in total. The Balaban J connectivity index is 1.92. The van der Waals surface area contributed by atoms with Crippen molar-refractivity contribution in [2.75, 3.05) is 12.4 Å². The molecule has 0 aliphatic rings. The standard InChI is InChI=1S/C11H10N6O/c1-12-8-4-2-7(3-5-8)11-15-10(17-18-11)9-13-6-14-16-9/h2-6,12H,1H3,(H,13,14,16). The van der Waals surface area contributed by atoms with Crippen LogP contribution in [0.3, 0.4) is 0 Å². The van der Waals surface area contributed by atoms with Crippen molar-refractivity contribution in [2.24, 2.45) is 0 Å². The molecule has 18 heavy (non-hydrogen) atoms. The van der Waals surface area contributed by atoms with Crippen molar-refractivity contribution in [1.29, 1.82) is 0 Å². The summed E-state index contributed by atoms with van der Waals surface area (Å²) in [6.07, 6.45) is 1.40. The molecular formula is C11H10N6O. The highest BCUT2D eigenvalue weighted by molar-refractivity contribution is 5.59. The van der Waals surface area contributed by atoms with E-state index >= 15 is 0 Å². The Morgan fingerprint density at radius 2 is 2.06 bits per heavy atom. The molecule has 0 atom stereocenters. The summed E-state index contributed by atoms with van der Waals surface area (Å²) in [5.41, 5.74) is 1.88. The first-order chi connectivity index (χ1) is 8.86. The van der Waals surface area contributed by atoms with Crippen LogP contribution >= 0.6 is 0 Å². The number of aromatic nitrogens is 5. The molecule has 0 spiro atoms. The van der Waals surface area contributed by atoms with Crippen molar-refractivity contribution in [3.63, 3.8) is 0 Å². The second kappa shape index (κ2) is 4.28. The van der Waals surface area contributed by atoms with E-state index in [4.69, 9.17) is 4.52 Å². The molecule has 90 valence electrons. The minimum Gasteiger partial charge on any atom is -0.388 e. The van der Waals surface area contributed by atoms with Crippen molar-refractivity contribution < 1.29 is 4.52 Å². The fourth-order valence-electron chi connectivity index (χ4n) is 1.53. The second-order valence-corrected chi connectivity index (χ2v) is 3.58. The van der Waals surface area contributed by atoms with E-state index in [-0.39, 0.29) is 0 Å². The highest BCUT2D eigenvalue weighted by atomic mass is 16.5. The van der Waals surface area contributed by atoms with Gasteiger partial charge in [-0.05, 0) is 24.3 Å². The van der Waals surface area contributed by atoms with Crippen LogP contribution in [-0.2, 0) is 0 Å². The van der Waals surface area contributed by atoms with Crippen LogP contribution in [0.5, 0.6) is 0 Å². The summed E-state index contributed by atoms with van der Waals surface area (Å²) in [6, 6.07) is 7.69. The van der Waals surface area contributed by atoms with Gasteiger partial charge in [-0.25, -0.2) is 4.98 Å². The molecule has 3 aromatic rings. The van der Waals surface area contributed by atoms with Crippen LogP contribution in [0.1, 0.15) is 0 Å². The van der Waals surface area contributed by atoms with Gasteiger partial charge >= 0.3 is 0 Å². The van der Waals surface area contributed by atoms with Crippen LogP contribution in [0.2, 0.25) is 0 Å². The first kappa shape index (κ1) is 10.5. The van der Waals surface area contributed by atoms with Gasteiger partial charge < -0.3 is 9.84 Å². The summed E-state index contributed by atoms with van der Waals surface area (Å²) < 4.78 is 5.18. The molecule has 0 fully saturated rings. The number of hydrogen-bond acceptors (Lipinski definition) is 6. The largest absolute Gasteiger partial charge is 0.388 e. The first-order valence-corrected chi connectivity index (χ1v) is 5.34. The quantitative estimate of drug-likeness (QED) is 0.724. The monoisotopic (exact) mass is 242 g/mol. The Labute approximate surface area is 102 Å². The molecule has 3 rings (SSSR count).